The molecule has 1 amide bonds. The average molecular weight is 413 g/mol. The van der Waals surface area contributed by atoms with Crippen LogP contribution in [0.3, 0.4) is 0 Å². The molecule has 1 saturated heterocycles. The maximum atomic E-state index is 12.9. The van der Waals surface area contributed by atoms with Crippen LogP contribution in [0, 0.1) is 0 Å². The summed E-state index contributed by atoms with van der Waals surface area (Å²) in [6.45, 7) is 2.90. The Morgan fingerprint density at radius 1 is 1.10 bits per heavy atom. The number of imidazole rings is 1. The molecule has 2 N–H and O–H groups in total. The molecule has 152 valence electrons. The zero-order valence-electron chi connectivity index (χ0n) is 16.3. The smallest absolute Gasteiger partial charge is 0.251 e. The first kappa shape index (κ1) is 19.6. The predicted molar refractivity (Wildman–Crippen MR) is 111 cm³/mol. The number of rotatable bonds is 5. The van der Waals surface area contributed by atoms with E-state index in [1.165, 1.54) is 10.4 Å². The van der Waals surface area contributed by atoms with Crippen molar-refractivity contribution >= 4 is 27.0 Å². The lowest BCUT2D eigenvalue weighted by molar-refractivity contribution is 0.0938. The molecule has 8 heteroatoms. The van der Waals surface area contributed by atoms with E-state index in [0.29, 0.717) is 24.5 Å². The quantitative estimate of drug-likeness (QED) is 0.673. The Balaban J connectivity index is 1.52. The molecule has 1 atom stereocenters. The fraction of sp³-hybridized carbons (Fsp3) is 0.333. The van der Waals surface area contributed by atoms with Gasteiger partial charge in [-0.2, -0.15) is 4.31 Å². The second-order valence-electron chi connectivity index (χ2n) is 7.33. The first-order chi connectivity index (χ1) is 13.9. The first-order valence-corrected chi connectivity index (χ1v) is 11.2. The Bertz CT molecular complexity index is 1100. The van der Waals surface area contributed by atoms with E-state index in [-0.39, 0.29) is 16.8 Å². The molecular formula is C21H24N4O3S. The van der Waals surface area contributed by atoms with Crippen LogP contribution in [0.2, 0.25) is 0 Å². The molecule has 1 aliphatic rings. The number of aromatic nitrogens is 2. The summed E-state index contributed by atoms with van der Waals surface area (Å²) < 4.78 is 27.3. The van der Waals surface area contributed by atoms with Crippen molar-refractivity contribution in [3.05, 3.63) is 59.9 Å². The number of para-hydroxylation sites is 2. The summed E-state index contributed by atoms with van der Waals surface area (Å²) in [5.41, 5.74) is 2.04. The van der Waals surface area contributed by atoms with Crippen LogP contribution in [0.1, 0.15) is 48.4 Å². The molecule has 7 nitrogen and oxygen atoms in total. The first-order valence-electron chi connectivity index (χ1n) is 9.81. The zero-order chi connectivity index (χ0) is 20.4. The average Bonchev–Trinajstić information content (AvgIpc) is 3.19. The van der Waals surface area contributed by atoms with Crippen LogP contribution in [-0.2, 0) is 10.0 Å². The summed E-state index contributed by atoms with van der Waals surface area (Å²) in [5, 5.41) is 2.89. The molecule has 4 rings (SSSR count). The molecule has 0 spiro atoms. The molecule has 2 aromatic carbocycles. The second kappa shape index (κ2) is 7.96. The number of piperidine rings is 1. The lowest BCUT2D eigenvalue weighted by Crippen LogP contribution is -2.35. The number of benzene rings is 2. The van der Waals surface area contributed by atoms with Gasteiger partial charge in [0, 0.05) is 18.7 Å². The van der Waals surface area contributed by atoms with Gasteiger partial charge in [-0.05, 0) is 50.1 Å². The number of nitrogens with zero attached hydrogens (tertiary/aromatic N) is 2. The van der Waals surface area contributed by atoms with Crippen molar-refractivity contribution in [2.24, 2.45) is 0 Å². The number of carbonyl (C=O) groups is 1. The Labute approximate surface area is 170 Å². The minimum Gasteiger partial charge on any atom is -0.342 e. The fourth-order valence-electron chi connectivity index (χ4n) is 3.58. The summed E-state index contributed by atoms with van der Waals surface area (Å²) in [6, 6.07) is 13.5. The van der Waals surface area contributed by atoms with Gasteiger partial charge in [0.15, 0.2) is 0 Å². The van der Waals surface area contributed by atoms with Crippen molar-refractivity contribution in [2.45, 2.75) is 37.1 Å². The molecule has 3 aromatic rings. The van der Waals surface area contributed by atoms with E-state index in [1.807, 2.05) is 31.2 Å². The van der Waals surface area contributed by atoms with Crippen molar-refractivity contribution in [3.8, 4) is 0 Å². The van der Waals surface area contributed by atoms with Gasteiger partial charge in [-0.3, -0.25) is 4.79 Å². The van der Waals surface area contributed by atoms with Crippen LogP contribution >= 0.6 is 0 Å². The number of amides is 1. The van der Waals surface area contributed by atoms with Gasteiger partial charge >= 0.3 is 0 Å². The number of hydrogen-bond donors (Lipinski definition) is 2. The highest BCUT2D eigenvalue weighted by molar-refractivity contribution is 7.89. The highest BCUT2D eigenvalue weighted by Gasteiger charge is 2.26. The van der Waals surface area contributed by atoms with Crippen molar-refractivity contribution in [1.82, 2.24) is 19.6 Å². The number of H-pyrrole nitrogens is 1. The van der Waals surface area contributed by atoms with Crippen LogP contribution in [-0.4, -0.2) is 41.7 Å². The molecule has 29 heavy (non-hydrogen) atoms. The second-order valence-corrected chi connectivity index (χ2v) is 9.26. The normalized spacial score (nSPS) is 16.6. The lowest BCUT2D eigenvalue weighted by Gasteiger charge is -2.26. The van der Waals surface area contributed by atoms with E-state index in [4.69, 9.17) is 0 Å². The molecule has 0 saturated carbocycles. The van der Waals surface area contributed by atoms with Crippen LogP contribution in [0.25, 0.3) is 11.0 Å². The largest absolute Gasteiger partial charge is 0.342 e. The van der Waals surface area contributed by atoms with Gasteiger partial charge in [-0.1, -0.05) is 24.6 Å². The summed E-state index contributed by atoms with van der Waals surface area (Å²) in [4.78, 5) is 20.6. The van der Waals surface area contributed by atoms with Gasteiger partial charge in [0.25, 0.3) is 5.91 Å². The van der Waals surface area contributed by atoms with Gasteiger partial charge in [0.1, 0.15) is 5.82 Å². The number of hydrogen-bond acceptors (Lipinski definition) is 4. The fourth-order valence-corrected chi connectivity index (χ4v) is 5.14. The van der Waals surface area contributed by atoms with Crippen LogP contribution in [0.5, 0.6) is 0 Å². The number of carbonyl (C=O) groups excluding carboxylic acids is 1. The molecule has 0 aliphatic carbocycles. The van der Waals surface area contributed by atoms with Gasteiger partial charge in [-0.15, -0.1) is 0 Å². The maximum absolute atomic E-state index is 12.9. The number of nitrogens with one attached hydrogen (secondary N) is 2. The van der Waals surface area contributed by atoms with Crippen molar-refractivity contribution < 1.29 is 13.2 Å². The van der Waals surface area contributed by atoms with Crippen LogP contribution in [0.4, 0.5) is 0 Å². The lowest BCUT2D eigenvalue weighted by atomic mass is 10.2. The third-order valence-corrected chi connectivity index (χ3v) is 7.11. The molecule has 0 radical (unpaired) electrons. The van der Waals surface area contributed by atoms with E-state index in [0.717, 1.165) is 30.3 Å². The summed E-state index contributed by atoms with van der Waals surface area (Å²) in [5.74, 6) is 0.310. The molecular weight excluding hydrogens is 388 g/mol. The monoisotopic (exact) mass is 412 g/mol. The minimum atomic E-state index is -3.58. The minimum absolute atomic E-state index is 0.156. The molecule has 1 aliphatic heterocycles. The highest BCUT2D eigenvalue weighted by atomic mass is 32.2. The van der Waals surface area contributed by atoms with E-state index < -0.39 is 10.0 Å². The van der Waals surface area contributed by atoms with Crippen LogP contribution in [0.15, 0.2) is 53.4 Å². The van der Waals surface area contributed by atoms with Gasteiger partial charge in [0.05, 0.1) is 22.0 Å². The molecule has 2 heterocycles. The zero-order valence-corrected chi connectivity index (χ0v) is 17.1. The Kier molecular flexibility index (Phi) is 5.38. The predicted octanol–water partition coefficient (Wildman–Crippen LogP) is 3.23. The maximum Gasteiger partial charge on any atom is 0.251 e. The van der Waals surface area contributed by atoms with Crippen LogP contribution < -0.4 is 5.32 Å². The van der Waals surface area contributed by atoms with Crippen molar-refractivity contribution in [1.29, 1.82) is 0 Å². The third-order valence-electron chi connectivity index (χ3n) is 5.21. The molecule has 0 bridgehead atoms. The topological polar surface area (TPSA) is 95.2 Å². The Hall–Kier alpha value is -2.71. The molecule has 1 unspecified atom stereocenters. The van der Waals surface area contributed by atoms with Crippen molar-refractivity contribution in [3.63, 3.8) is 0 Å². The molecule has 1 fully saturated rings. The van der Waals surface area contributed by atoms with Gasteiger partial charge in [0.2, 0.25) is 10.0 Å². The highest BCUT2D eigenvalue weighted by Crippen LogP contribution is 2.22. The van der Waals surface area contributed by atoms with E-state index in [2.05, 4.69) is 15.3 Å². The summed E-state index contributed by atoms with van der Waals surface area (Å²) in [6.07, 6.45) is 2.79. The van der Waals surface area contributed by atoms with E-state index in [1.54, 1.807) is 18.2 Å². The van der Waals surface area contributed by atoms with E-state index in [9.17, 15) is 13.2 Å². The van der Waals surface area contributed by atoms with Gasteiger partial charge in [-0.25, -0.2) is 13.4 Å². The van der Waals surface area contributed by atoms with E-state index >= 15 is 0 Å². The Morgan fingerprint density at radius 3 is 2.62 bits per heavy atom. The SMILES string of the molecule is CC(NC(=O)c1cccc(S(=O)(=O)N2CCCCC2)c1)c1nc2ccccc2[nH]1. The van der Waals surface area contributed by atoms with Crippen molar-refractivity contribution in [2.75, 3.05) is 13.1 Å². The standard InChI is InChI=1S/C21H24N4O3S/c1-15(20-23-18-10-3-4-11-19(18)24-20)22-21(26)16-8-7-9-17(14-16)29(27,28)25-12-5-2-6-13-25/h3-4,7-11,14-15H,2,5-6,12-13H2,1H3,(H,22,26)(H,23,24). The molecule has 1 aromatic heterocycles. The van der Waals surface area contributed by atoms with Gasteiger partial charge < -0.3 is 10.3 Å². The Morgan fingerprint density at radius 2 is 1.86 bits per heavy atom. The summed E-state index contributed by atoms with van der Waals surface area (Å²) >= 11 is 0. The number of sulfonamides is 1. The third kappa shape index (κ3) is 4.04. The number of aromatic amines is 1. The number of fused-ring (bicyclic) bond motifs is 1. The summed E-state index contributed by atoms with van der Waals surface area (Å²) in [7, 11) is -3.58.